The van der Waals surface area contributed by atoms with Gasteiger partial charge < -0.3 is 4.98 Å². The number of hydrogen-bond donors (Lipinski definition) is 1. The fraction of sp³-hybridized carbons (Fsp3) is 0.176. The number of H-pyrrole nitrogens is 1. The molecule has 0 aliphatic heterocycles. The van der Waals surface area contributed by atoms with Crippen LogP contribution in [0.5, 0.6) is 0 Å². The Bertz CT molecular complexity index is 685. The van der Waals surface area contributed by atoms with Gasteiger partial charge in [-0.3, -0.25) is 4.98 Å². The molecule has 3 heteroatoms. The van der Waals surface area contributed by atoms with Crippen molar-refractivity contribution in [2.75, 3.05) is 0 Å². The van der Waals surface area contributed by atoms with E-state index in [1.165, 1.54) is 0 Å². The van der Waals surface area contributed by atoms with Crippen molar-refractivity contribution in [1.82, 2.24) is 15.0 Å². The molecule has 0 unspecified atom stereocenters. The molecule has 0 fully saturated rings. The number of nitrogens with zero attached hydrogens (tertiary/aromatic N) is 2. The van der Waals surface area contributed by atoms with Gasteiger partial charge in [0.1, 0.15) is 5.82 Å². The molecule has 3 aromatic rings. The topological polar surface area (TPSA) is 41.6 Å². The summed E-state index contributed by atoms with van der Waals surface area (Å²) >= 11 is 0. The van der Waals surface area contributed by atoms with Crippen LogP contribution in [0.2, 0.25) is 0 Å². The van der Waals surface area contributed by atoms with Gasteiger partial charge in [0.05, 0.1) is 5.69 Å². The van der Waals surface area contributed by atoms with Gasteiger partial charge in [-0.05, 0) is 18.1 Å². The minimum atomic E-state index is 0.392. The van der Waals surface area contributed by atoms with E-state index in [4.69, 9.17) is 4.98 Å². The standard InChI is InChI=1S/C17H17N3/c1-12(2)15-16(13-8-10-18-11-9-13)20-17(19-15)14-6-4-3-5-7-14/h3-12H,1-2H3,(H,19,20). The van der Waals surface area contributed by atoms with Crippen LogP contribution in [0.15, 0.2) is 54.9 Å². The molecular formula is C17H17N3. The van der Waals surface area contributed by atoms with E-state index in [2.05, 4.69) is 35.9 Å². The van der Waals surface area contributed by atoms with Crippen molar-refractivity contribution in [2.45, 2.75) is 19.8 Å². The lowest BCUT2D eigenvalue weighted by atomic mass is 10.0. The predicted octanol–water partition coefficient (Wildman–Crippen LogP) is 4.26. The Labute approximate surface area is 118 Å². The third kappa shape index (κ3) is 2.35. The Morgan fingerprint density at radius 2 is 1.60 bits per heavy atom. The van der Waals surface area contributed by atoms with E-state index in [9.17, 15) is 0 Å². The average molecular weight is 263 g/mol. The lowest BCUT2D eigenvalue weighted by Crippen LogP contribution is -1.91. The maximum absolute atomic E-state index is 4.79. The molecule has 0 saturated heterocycles. The zero-order valence-electron chi connectivity index (χ0n) is 11.7. The van der Waals surface area contributed by atoms with Crippen LogP contribution in [0.3, 0.4) is 0 Å². The summed E-state index contributed by atoms with van der Waals surface area (Å²) in [4.78, 5) is 12.3. The van der Waals surface area contributed by atoms with Crippen molar-refractivity contribution < 1.29 is 0 Å². The van der Waals surface area contributed by atoms with Gasteiger partial charge in [-0.15, -0.1) is 0 Å². The lowest BCUT2D eigenvalue weighted by Gasteiger charge is -2.05. The molecule has 1 N–H and O–H groups in total. The van der Waals surface area contributed by atoms with Crippen molar-refractivity contribution in [1.29, 1.82) is 0 Å². The van der Waals surface area contributed by atoms with Crippen molar-refractivity contribution in [2.24, 2.45) is 0 Å². The van der Waals surface area contributed by atoms with E-state index in [-0.39, 0.29) is 0 Å². The van der Waals surface area contributed by atoms with Gasteiger partial charge in [-0.2, -0.15) is 0 Å². The molecule has 3 rings (SSSR count). The summed E-state index contributed by atoms with van der Waals surface area (Å²) in [5, 5.41) is 0. The summed E-state index contributed by atoms with van der Waals surface area (Å²) in [6, 6.07) is 14.2. The maximum atomic E-state index is 4.79. The molecule has 1 aromatic carbocycles. The van der Waals surface area contributed by atoms with E-state index < -0.39 is 0 Å². The van der Waals surface area contributed by atoms with Crippen molar-refractivity contribution >= 4 is 0 Å². The first kappa shape index (κ1) is 12.6. The van der Waals surface area contributed by atoms with Crippen LogP contribution in [0.25, 0.3) is 22.6 Å². The summed E-state index contributed by atoms with van der Waals surface area (Å²) in [5.41, 5.74) is 4.38. The van der Waals surface area contributed by atoms with Crippen molar-refractivity contribution in [3.8, 4) is 22.6 Å². The molecule has 0 spiro atoms. The summed E-state index contributed by atoms with van der Waals surface area (Å²) in [6.07, 6.45) is 3.60. The minimum absolute atomic E-state index is 0.392. The summed E-state index contributed by atoms with van der Waals surface area (Å²) in [7, 11) is 0. The van der Waals surface area contributed by atoms with Gasteiger partial charge >= 0.3 is 0 Å². The third-order valence-corrected chi connectivity index (χ3v) is 3.31. The van der Waals surface area contributed by atoms with Gasteiger partial charge in [-0.25, -0.2) is 4.98 Å². The van der Waals surface area contributed by atoms with Gasteiger partial charge in [0.25, 0.3) is 0 Å². The second kappa shape index (κ2) is 5.29. The Morgan fingerprint density at radius 1 is 0.900 bits per heavy atom. The minimum Gasteiger partial charge on any atom is -0.341 e. The van der Waals surface area contributed by atoms with Crippen LogP contribution in [-0.4, -0.2) is 15.0 Å². The van der Waals surface area contributed by atoms with Crippen LogP contribution >= 0.6 is 0 Å². The molecule has 2 aromatic heterocycles. The van der Waals surface area contributed by atoms with E-state index in [1.807, 2.05) is 30.3 Å². The number of imidazole rings is 1. The van der Waals surface area contributed by atoms with Gasteiger partial charge in [0, 0.05) is 29.2 Å². The molecule has 0 aliphatic rings. The molecule has 3 nitrogen and oxygen atoms in total. The Morgan fingerprint density at radius 3 is 2.25 bits per heavy atom. The van der Waals surface area contributed by atoms with E-state index in [1.54, 1.807) is 12.4 Å². The Balaban J connectivity index is 2.13. The first-order valence-corrected chi connectivity index (χ1v) is 6.81. The molecule has 20 heavy (non-hydrogen) atoms. The Kier molecular flexibility index (Phi) is 3.33. The molecule has 0 saturated carbocycles. The second-order valence-corrected chi connectivity index (χ2v) is 5.10. The predicted molar refractivity (Wildman–Crippen MR) is 81.3 cm³/mol. The zero-order chi connectivity index (χ0) is 13.9. The highest BCUT2D eigenvalue weighted by Crippen LogP contribution is 2.29. The number of nitrogens with one attached hydrogen (secondary N) is 1. The lowest BCUT2D eigenvalue weighted by molar-refractivity contribution is 0.835. The maximum Gasteiger partial charge on any atom is 0.138 e. The fourth-order valence-corrected chi connectivity index (χ4v) is 2.27. The smallest absolute Gasteiger partial charge is 0.138 e. The van der Waals surface area contributed by atoms with Crippen LogP contribution in [-0.2, 0) is 0 Å². The van der Waals surface area contributed by atoms with Gasteiger partial charge in [0.2, 0.25) is 0 Å². The third-order valence-electron chi connectivity index (χ3n) is 3.31. The molecule has 0 atom stereocenters. The number of aromatic nitrogens is 3. The van der Waals surface area contributed by atoms with E-state index in [0.29, 0.717) is 5.92 Å². The van der Waals surface area contributed by atoms with Crippen molar-refractivity contribution in [3.63, 3.8) is 0 Å². The quantitative estimate of drug-likeness (QED) is 0.767. The highest BCUT2D eigenvalue weighted by molar-refractivity contribution is 5.67. The number of benzene rings is 1. The summed E-state index contributed by atoms with van der Waals surface area (Å²) in [6.45, 7) is 4.35. The number of hydrogen-bond acceptors (Lipinski definition) is 2. The molecule has 0 aliphatic carbocycles. The summed E-state index contributed by atoms with van der Waals surface area (Å²) in [5.74, 6) is 1.31. The van der Waals surface area contributed by atoms with Crippen molar-refractivity contribution in [3.05, 3.63) is 60.6 Å². The average Bonchev–Trinajstić information content (AvgIpc) is 2.94. The normalized spacial score (nSPS) is 10.9. The monoisotopic (exact) mass is 263 g/mol. The molecule has 2 heterocycles. The SMILES string of the molecule is CC(C)c1[nH]c(-c2ccccc2)nc1-c1ccncc1. The van der Waals surface area contributed by atoms with Crippen LogP contribution in [0, 0.1) is 0 Å². The van der Waals surface area contributed by atoms with E-state index >= 15 is 0 Å². The van der Waals surface area contributed by atoms with E-state index in [0.717, 1.165) is 28.3 Å². The molecule has 0 bridgehead atoms. The first-order chi connectivity index (χ1) is 9.75. The number of aromatic amines is 1. The number of pyridine rings is 1. The molecular weight excluding hydrogens is 246 g/mol. The Hall–Kier alpha value is -2.42. The molecule has 0 amide bonds. The van der Waals surface area contributed by atoms with Crippen LogP contribution in [0.4, 0.5) is 0 Å². The van der Waals surface area contributed by atoms with Gasteiger partial charge in [-0.1, -0.05) is 44.2 Å². The first-order valence-electron chi connectivity index (χ1n) is 6.81. The number of rotatable bonds is 3. The summed E-state index contributed by atoms with van der Waals surface area (Å²) < 4.78 is 0. The van der Waals surface area contributed by atoms with Crippen LogP contribution < -0.4 is 0 Å². The molecule has 0 radical (unpaired) electrons. The second-order valence-electron chi connectivity index (χ2n) is 5.10. The van der Waals surface area contributed by atoms with Crippen LogP contribution in [0.1, 0.15) is 25.5 Å². The zero-order valence-corrected chi connectivity index (χ0v) is 11.7. The van der Waals surface area contributed by atoms with Gasteiger partial charge in [0.15, 0.2) is 0 Å². The highest BCUT2D eigenvalue weighted by atomic mass is 14.9. The fourth-order valence-electron chi connectivity index (χ4n) is 2.27. The largest absolute Gasteiger partial charge is 0.341 e. The molecule has 100 valence electrons. The highest BCUT2D eigenvalue weighted by Gasteiger charge is 2.15.